The fourth-order valence-electron chi connectivity index (χ4n) is 0.779. The third-order valence-corrected chi connectivity index (χ3v) is 1.52. The van der Waals surface area contributed by atoms with Gasteiger partial charge in [-0.2, -0.15) is 0 Å². The van der Waals surface area contributed by atoms with E-state index in [4.69, 9.17) is 0 Å². The first-order valence-corrected chi connectivity index (χ1v) is 4.22. The number of rotatable bonds is 4. The SMILES string of the molecule is CNC(=O)[C@H](C)NC(=O)CNC(C)=O. The molecule has 0 aromatic carbocycles. The topological polar surface area (TPSA) is 87.3 Å². The average Bonchev–Trinajstić information content (AvgIpc) is 2.13. The van der Waals surface area contributed by atoms with Crippen LogP contribution in [0.2, 0.25) is 0 Å². The van der Waals surface area contributed by atoms with Crippen LogP contribution < -0.4 is 16.0 Å². The molecular formula is C8H15N3O3. The normalized spacial score (nSPS) is 11.4. The largest absolute Gasteiger partial charge is 0.357 e. The Kier molecular flexibility index (Phi) is 5.28. The Labute approximate surface area is 82.4 Å². The van der Waals surface area contributed by atoms with E-state index in [-0.39, 0.29) is 18.4 Å². The first kappa shape index (κ1) is 12.4. The molecule has 0 bridgehead atoms. The van der Waals surface area contributed by atoms with E-state index in [1.165, 1.54) is 14.0 Å². The van der Waals surface area contributed by atoms with Crippen molar-refractivity contribution in [1.82, 2.24) is 16.0 Å². The first-order valence-electron chi connectivity index (χ1n) is 4.22. The maximum absolute atomic E-state index is 11.1. The van der Waals surface area contributed by atoms with Crippen molar-refractivity contribution >= 4 is 17.7 Å². The van der Waals surface area contributed by atoms with Gasteiger partial charge < -0.3 is 16.0 Å². The molecule has 80 valence electrons. The van der Waals surface area contributed by atoms with Crippen LogP contribution in [0.15, 0.2) is 0 Å². The smallest absolute Gasteiger partial charge is 0.242 e. The number of carbonyl (C=O) groups is 3. The van der Waals surface area contributed by atoms with Gasteiger partial charge in [0.25, 0.3) is 0 Å². The minimum atomic E-state index is -0.596. The highest BCUT2D eigenvalue weighted by atomic mass is 16.2. The molecule has 0 spiro atoms. The van der Waals surface area contributed by atoms with Gasteiger partial charge in [-0.05, 0) is 6.92 Å². The minimum absolute atomic E-state index is 0.114. The van der Waals surface area contributed by atoms with Gasteiger partial charge in [-0.15, -0.1) is 0 Å². The summed E-state index contributed by atoms with van der Waals surface area (Å²) >= 11 is 0. The Morgan fingerprint density at radius 3 is 2.29 bits per heavy atom. The minimum Gasteiger partial charge on any atom is -0.357 e. The molecule has 1 atom stereocenters. The Bertz CT molecular complexity index is 240. The van der Waals surface area contributed by atoms with Crippen molar-refractivity contribution in [3.63, 3.8) is 0 Å². The van der Waals surface area contributed by atoms with Crippen LogP contribution >= 0.6 is 0 Å². The lowest BCUT2D eigenvalue weighted by Gasteiger charge is -2.11. The second kappa shape index (κ2) is 5.95. The maximum atomic E-state index is 11.1. The molecule has 0 aromatic rings. The third kappa shape index (κ3) is 5.13. The van der Waals surface area contributed by atoms with Crippen molar-refractivity contribution in [1.29, 1.82) is 0 Å². The number of carbonyl (C=O) groups excluding carboxylic acids is 3. The quantitative estimate of drug-likeness (QED) is 0.510. The summed E-state index contributed by atoms with van der Waals surface area (Å²) in [5.74, 6) is -0.953. The molecule has 3 N–H and O–H groups in total. The molecule has 0 aromatic heterocycles. The van der Waals surface area contributed by atoms with Crippen LogP contribution in [0.3, 0.4) is 0 Å². The van der Waals surface area contributed by atoms with Crippen molar-refractivity contribution < 1.29 is 14.4 Å². The van der Waals surface area contributed by atoms with Crippen molar-refractivity contribution in [3.05, 3.63) is 0 Å². The lowest BCUT2D eigenvalue weighted by molar-refractivity contribution is -0.128. The summed E-state index contributed by atoms with van der Waals surface area (Å²) in [5.41, 5.74) is 0. The van der Waals surface area contributed by atoms with E-state index in [1.54, 1.807) is 6.92 Å². The van der Waals surface area contributed by atoms with Gasteiger partial charge in [0, 0.05) is 14.0 Å². The molecule has 6 nitrogen and oxygen atoms in total. The van der Waals surface area contributed by atoms with Gasteiger partial charge in [0.05, 0.1) is 6.54 Å². The zero-order valence-corrected chi connectivity index (χ0v) is 8.51. The Balaban J connectivity index is 3.82. The van der Waals surface area contributed by atoms with Crippen molar-refractivity contribution in [3.8, 4) is 0 Å². The average molecular weight is 201 g/mol. The lowest BCUT2D eigenvalue weighted by atomic mass is 10.3. The maximum Gasteiger partial charge on any atom is 0.242 e. The zero-order chi connectivity index (χ0) is 11.1. The molecule has 0 fully saturated rings. The molecule has 0 unspecified atom stereocenters. The monoisotopic (exact) mass is 201 g/mol. The molecule has 0 aliphatic heterocycles. The van der Waals surface area contributed by atoms with E-state index in [0.29, 0.717) is 0 Å². The predicted octanol–water partition coefficient (Wildman–Crippen LogP) is -1.63. The van der Waals surface area contributed by atoms with E-state index >= 15 is 0 Å². The first-order chi connectivity index (χ1) is 6.47. The third-order valence-electron chi connectivity index (χ3n) is 1.52. The highest BCUT2D eigenvalue weighted by Crippen LogP contribution is 1.80. The van der Waals surface area contributed by atoms with Crippen molar-refractivity contribution in [2.75, 3.05) is 13.6 Å². The lowest BCUT2D eigenvalue weighted by Crippen LogP contribution is -2.46. The van der Waals surface area contributed by atoms with Crippen LogP contribution in [0.5, 0.6) is 0 Å². The summed E-state index contributed by atoms with van der Waals surface area (Å²) in [6, 6.07) is -0.596. The number of amides is 3. The van der Waals surface area contributed by atoms with Gasteiger partial charge in [-0.1, -0.05) is 0 Å². The van der Waals surface area contributed by atoms with E-state index in [2.05, 4.69) is 16.0 Å². The fourth-order valence-corrected chi connectivity index (χ4v) is 0.779. The van der Waals surface area contributed by atoms with E-state index in [1.807, 2.05) is 0 Å². The predicted molar refractivity (Wildman–Crippen MR) is 50.4 cm³/mol. The molecule has 0 aliphatic rings. The van der Waals surface area contributed by atoms with Gasteiger partial charge in [-0.3, -0.25) is 14.4 Å². The molecule has 0 rings (SSSR count). The molecule has 0 heterocycles. The molecule has 6 heteroatoms. The fraction of sp³-hybridized carbons (Fsp3) is 0.625. The van der Waals surface area contributed by atoms with Crippen LogP contribution in [0.1, 0.15) is 13.8 Å². The molecule has 0 radical (unpaired) electrons. The van der Waals surface area contributed by atoms with Crippen LogP contribution in [-0.2, 0) is 14.4 Å². The summed E-state index contributed by atoms with van der Waals surface area (Å²) in [6.07, 6.45) is 0. The van der Waals surface area contributed by atoms with Crippen molar-refractivity contribution in [2.45, 2.75) is 19.9 Å². The molecule has 0 aliphatic carbocycles. The summed E-state index contributed by atoms with van der Waals surface area (Å²) in [5, 5.41) is 7.14. The second-order valence-electron chi connectivity index (χ2n) is 2.81. The van der Waals surface area contributed by atoms with Crippen LogP contribution in [-0.4, -0.2) is 37.4 Å². The zero-order valence-electron chi connectivity index (χ0n) is 8.51. The number of hydrogen-bond donors (Lipinski definition) is 3. The van der Waals surface area contributed by atoms with E-state index in [9.17, 15) is 14.4 Å². The van der Waals surface area contributed by atoms with Gasteiger partial charge in [0.15, 0.2) is 0 Å². The van der Waals surface area contributed by atoms with Gasteiger partial charge >= 0.3 is 0 Å². The molecular weight excluding hydrogens is 186 g/mol. The van der Waals surface area contributed by atoms with Crippen LogP contribution in [0.4, 0.5) is 0 Å². The number of hydrogen-bond acceptors (Lipinski definition) is 3. The van der Waals surface area contributed by atoms with Gasteiger partial charge in [-0.25, -0.2) is 0 Å². The van der Waals surface area contributed by atoms with Gasteiger partial charge in [0.1, 0.15) is 6.04 Å². The standard InChI is InChI=1S/C8H15N3O3/c1-5(8(14)9-3)11-7(13)4-10-6(2)12/h5H,4H2,1-3H3,(H,9,14)(H,10,12)(H,11,13)/t5-/m0/s1. The Hall–Kier alpha value is -1.59. The Morgan fingerprint density at radius 2 is 1.86 bits per heavy atom. The Morgan fingerprint density at radius 1 is 1.29 bits per heavy atom. The summed E-state index contributed by atoms with van der Waals surface area (Å²) < 4.78 is 0. The molecule has 3 amide bonds. The highest BCUT2D eigenvalue weighted by molar-refractivity contribution is 5.89. The number of likely N-dealkylation sites (N-methyl/N-ethyl adjacent to an activating group) is 1. The van der Waals surface area contributed by atoms with Crippen LogP contribution in [0, 0.1) is 0 Å². The summed E-state index contributed by atoms with van der Waals surface area (Å²) in [4.78, 5) is 32.5. The van der Waals surface area contributed by atoms with Crippen molar-refractivity contribution in [2.24, 2.45) is 0 Å². The number of nitrogens with one attached hydrogen (secondary N) is 3. The summed E-state index contributed by atoms with van der Waals surface area (Å²) in [6.45, 7) is 2.76. The summed E-state index contributed by atoms with van der Waals surface area (Å²) in [7, 11) is 1.48. The molecule has 0 saturated heterocycles. The van der Waals surface area contributed by atoms with Gasteiger partial charge in [0.2, 0.25) is 17.7 Å². The van der Waals surface area contributed by atoms with Crippen LogP contribution in [0.25, 0.3) is 0 Å². The molecule has 14 heavy (non-hydrogen) atoms. The second-order valence-corrected chi connectivity index (χ2v) is 2.81. The van der Waals surface area contributed by atoms with E-state index in [0.717, 1.165) is 0 Å². The molecule has 0 saturated carbocycles. The highest BCUT2D eigenvalue weighted by Gasteiger charge is 2.13. The van der Waals surface area contributed by atoms with E-state index < -0.39 is 11.9 Å².